The van der Waals surface area contributed by atoms with Crippen LogP contribution in [0.2, 0.25) is 0 Å². The highest BCUT2D eigenvalue weighted by Gasteiger charge is 2.31. The fourth-order valence-corrected chi connectivity index (χ4v) is 1.79. The number of hydrogen-bond acceptors (Lipinski definition) is 1. The first kappa shape index (κ1) is 15.1. The third-order valence-electron chi connectivity index (χ3n) is 2.86. The highest BCUT2D eigenvalue weighted by molar-refractivity contribution is 5.94. The van der Waals surface area contributed by atoms with Gasteiger partial charge in [0.05, 0.1) is 11.1 Å². The summed E-state index contributed by atoms with van der Waals surface area (Å²) in [4.78, 5) is 11.7. The van der Waals surface area contributed by atoms with E-state index in [4.69, 9.17) is 0 Å². The third-order valence-corrected chi connectivity index (χ3v) is 2.86. The first-order valence-electron chi connectivity index (χ1n) is 6.13. The van der Waals surface area contributed by atoms with Crippen molar-refractivity contribution in [1.82, 2.24) is 9.88 Å². The number of halogens is 4. The number of aromatic nitrogens is 1. The zero-order valence-electron chi connectivity index (χ0n) is 10.8. The molecule has 0 fully saturated rings. The number of nitrogens with one attached hydrogen (secondary N) is 1. The SMILES string of the molecule is O=C(NCCn1cccc1)c1cc(C(F)(F)F)ccc1F. The molecule has 1 aromatic heterocycles. The zero-order valence-corrected chi connectivity index (χ0v) is 10.8. The van der Waals surface area contributed by atoms with Crippen LogP contribution in [0.1, 0.15) is 15.9 Å². The molecular formula is C14H12F4N2O. The van der Waals surface area contributed by atoms with E-state index in [1.165, 1.54) is 0 Å². The molecule has 0 saturated carbocycles. The lowest BCUT2D eigenvalue weighted by atomic mass is 10.1. The van der Waals surface area contributed by atoms with Gasteiger partial charge in [-0.25, -0.2) is 4.39 Å². The molecule has 0 bridgehead atoms. The van der Waals surface area contributed by atoms with Gasteiger partial charge in [-0.1, -0.05) is 0 Å². The van der Waals surface area contributed by atoms with Crippen LogP contribution in [0.3, 0.4) is 0 Å². The van der Waals surface area contributed by atoms with Crippen molar-refractivity contribution in [3.8, 4) is 0 Å². The van der Waals surface area contributed by atoms with Crippen LogP contribution in [0.5, 0.6) is 0 Å². The predicted molar refractivity (Wildman–Crippen MR) is 68.2 cm³/mol. The summed E-state index contributed by atoms with van der Waals surface area (Å²) in [6, 6.07) is 5.36. The average Bonchev–Trinajstić information content (AvgIpc) is 2.91. The normalized spacial score (nSPS) is 11.4. The molecule has 1 N–H and O–H groups in total. The van der Waals surface area contributed by atoms with E-state index in [2.05, 4.69) is 5.32 Å². The van der Waals surface area contributed by atoms with E-state index >= 15 is 0 Å². The van der Waals surface area contributed by atoms with Gasteiger partial charge in [0, 0.05) is 25.5 Å². The summed E-state index contributed by atoms with van der Waals surface area (Å²) in [7, 11) is 0. The molecule has 0 aliphatic heterocycles. The highest BCUT2D eigenvalue weighted by atomic mass is 19.4. The monoisotopic (exact) mass is 300 g/mol. The van der Waals surface area contributed by atoms with Gasteiger partial charge < -0.3 is 9.88 Å². The van der Waals surface area contributed by atoms with Gasteiger partial charge in [-0.05, 0) is 30.3 Å². The Kier molecular flexibility index (Phi) is 4.30. The molecule has 0 aliphatic rings. The molecule has 0 radical (unpaired) electrons. The summed E-state index contributed by atoms with van der Waals surface area (Å²) >= 11 is 0. The van der Waals surface area contributed by atoms with Crippen molar-refractivity contribution in [2.75, 3.05) is 6.54 Å². The number of amides is 1. The number of carbonyl (C=O) groups excluding carboxylic acids is 1. The summed E-state index contributed by atoms with van der Waals surface area (Å²) in [6.45, 7) is 0.627. The Balaban J connectivity index is 2.04. The van der Waals surface area contributed by atoms with E-state index in [1.807, 2.05) is 0 Å². The lowest BCUT2D eigenvalue weighted by molar-refractivity contribution is -0.137. The zero-order chi connectivity index (χ0) is 15.5. The standard InChI is InChI=1S/C14H12F4N2O/c15-12-4-3-10(14(16,17)18)9-11(12)13(21)19-5-8-20-6-1-2-7-20/h1-4,6-7,9H,5,8H2,(H,19,21). The van der Waals surface area contributed by atoms with Gasteiger partial charge in [0.2, 0.25) is 0 Å². The number of carbonyl (C=O) groups is 1. The van der Waals surface area contributed by atoms with E-state index in [0.29, 0.717) is 24.7 Å². The molecule has 7 heteroatoms. The van der Waals surface area contributed by atoms with E-state index in [0.717, 1.165) is 0 Å². The molecule has 2 rings (SSSR count). The molecule has 0 spiro atoms. The second-order valence-electron chi connectivity index (χ2n) is 4.37. The lowest BCUT2D eigenvalue weighted by Crippen LogP contribution is -2.28. The average molecular weight is 300 g/mol. The number of rotatable bonds is 4. The van der Waals surface area contributed by atoms with Crippen molar-refractivity contribution >= 4 is 5.91 Å². The number of hydrogen-bond donors (Lipinski definition) is 1. The number of benzene rings is 1. The minimum Gasteiger partial charge on any atom is -0.353 e. The van der Waals surface area contributed by atoms with Gasteiger partial charge in [0.1, 0.15) is 5.82 Å². The molecule has 0 atom stereocenters. The second kappa shape index (κ2) is 5.99. The van der Waals surface area contributed by atoms with Gasteiger partial charge in [0.15, 0.2) is 0 Å². The molecule has 21 heavy (non-hydrogen) atoms. The van der Waals surface area contributed by atoms with Gasteiger partial charge in [-0.15, -0.1) is 0 Å². The first-order valence-corrected chi connectivity index (χ1v) is 6.13. The summed E-state index contributed by atoms with van der Waals surface area (Å²) in [6.07, 6.45) is -1.07. The predicted octanol–water partition coefficient (Wildman–Crippen LogP) is 3.08. The second-order valence-corrected chi connectivity index (χ2v) is 4.37. The van der Waals surface area contributed by atoms with Crippen LogP contribution >= 0.6 is 0 Å². The maximum atomic E-state index is 13.5. The summed E-state index contributed by atoms with van der Waals surface area (Å²) in [5.74, 6) is -1.85. The molecule has 1 heterocycles. The molecule has 3 nitrogen and oxygen atoms in total. The fraction of sp³-hybridized carbons (Fsp3) is 0.214. The Morgan fingerprint density at radius 3 is 2.48 bits per heavy atom. The van der Waals surface area contributed by atoms with E-state index < -0.39 is 29.0 Å². The van der Waals surface area contributed by atoms with Crippen molar-refractivity contribution in [1.29, 1.82) is 0 Å². The molecule has 112 valence electrons. The maximum absolute atomic E-state index is 13.5. The molecule has 1 aromatic carbocycles. The van der Waals surface area contributed by atoms with Crippen molar-refractivity contribution < 1.29 is 22.4 Å². The van der Waals surface area contributed by atoms with Gasteiger partial charge in [-0.2, -0.15) is 13.2 Å². The van der Waals surface area contributed by atoms with E-state index in [-0.39, 0.29) is 6.54 Å². The number of alkyl halides is 3. The van der Waals surface area contributed by atoms with Crippen LogP contribution in [0.25, 0.3) is 0 Å². The topological polar surface area (TPSA) is 34.0 Å². The van der Waals surface area contributed by atoms with E-state index in [1.54, 1.807) is 29.1 Å². The Bertz CT molecular complexity index is 620. The Morgan fingerprint density at radius 2 is 1.86 bits per heavy atom. The van der Waals surface area contributed by atoms with Crippen LogP contribution < -0.4 is 5.32 Å². The van der Waals surface area contributed by atoms with Crippen LogP contribution in [0.15, 0.2) is 42.7 Å². The molecule has 2 aromatic rings. The summed E-state index contributed by atoms with van der Waals surface area (Å²) in [5, 5.41) is 2.39. The van der Waals surface area contributed by atoms with Crippen LogP contribution in [-0.2, 0) is 12.7 Å². The first-order chi connectivity index (χ1) is 9.88. The highest BCUT2D eigenvalue weighted by Crippen LogP contribution is 2.30. The number of nitrogens with zero attached hydrogens (tertiary/aromatic N) is 1. The Hall–Kier alpha value is -2.31. The smallest absolute Gasteiger partial charge is 0.353 e. The van der Waals surface area contributed by atoms with E-state index in [9.17, 15) is 22.4 Å². The van der Waals surface area contributed by atoms with Crippen molar-refractivity contribution in [2.24, 2.45) is 0 Å². The fourth-order valence-electron chi connectivity index (χ4n) is 1.79. The Labute approximate surface area is 118 Å². The molecular weight excluding hydrogens is 288 g/mol. The van der Waals surface area contributed by atoms with Crippen LogP contribution in [-0.4, -0.2) is 17.0 Å². The Morgan fingerprint density at radius 1 is 1.19 bits per heavy atom. The largest absolute Gasteiger partial charge is 0.416 e. The maximum Gasteiger partial charge on any atom is 0.416 e. The van der Waals surface area contributed by atoms with Crippen molar-refractivity contribution in [3.63, 3.8) is 0 Å². The third kappa shape index (κ3) is 3.84. The molecule has 1 amide bonds. The summed E-state index contributed by atoms with van der Waals surface area (Å²) < 4.78 is 52.9. The van der Waals surface area contributed by atoms with Crippen LogP contribution in [0.4, 0.5) is 17.6 Å². The van der Waals surface area contributed by atoms with Gasteiger partial charge in [-0.3, -0.25) is 4.79 Å². The van der Waals surface area contributed by atoms with Gasteiger partial charge >= 0.3 is 6.18 Å². The summed E-state index contributed by atoms with van der Waals surface area (Å²) in [5.41, 5.74) is -1.67. The minimum atomic E-state index is -4.62. The minimum absolute atomic E-state index is 0.184. The van der Waals surface area contributed by atoms with Crippen LogP contribution in [0, 0.1) is 5.82 Å². The molecule has 0 saturated heterocycles. The van der Waals surface area contributed by atoms with Crippen molar-refractivity contribution in [3.05, 3.63) is 59.7 Å². The van der Waals surface area contributed by atoms with Crippen molar-refractivity contribution in [2.45, 2.75) is 12.7 Å². The van der Waals surface area contributed by atoms with Gasteiger partial charge in [0.25, 0.3) is 5.91 Å². The molecule has 0 unspecified atom stereocenters. The lowest BCUT2D eigenvalue weighted by Gasteiger charge is -2.10. The molecule has 0 aliphatic carbocycles. The quantitative estimate of drug-likeness (QED) is 0.865.